The Hall–Kier alpha value is -1.49. The molecule has 3 rings (SSSR count). The van der Waals surface area contributed by atoms with Crippen LogP contribution in [0.15, 0.2) is 18.2 Å². The summed E-state index contributed by atoms with van der Waals surface area (Å²) >= 11 is 5.50. The molecule has 1 fully saturated rings. The van der Waals surface area contributed by atoms with Gasteiger partial charge in [-0.2, -0.15) is 0 Å². The van der Waals surface area contributed by atoms with Crippen molar-refractivity contribution in [3.05, 3.63) is 18.2 Å². The Morgan fingerprint density at radius 3 is 2.62 bits per heavy atom. The lowest BCUT2D eigenvalue weighted by Gasteiger charge is -2.35. The van der Waals surface area contributed by atoms with Crippen molar-refractivity contribution >= 4 is 23.0 Å². The quantitative estimate of drug-likeness (QED) is 0.834. The van der Waals surface area contributed by atoms with Crippen LogP contribution in [0.4, 0.5) is 5.69 Å². The molecule has 0 spiro atoms. The molecule has 21 heavy (non-hydrogen) atoms. The molecule has 4 nitrogen and oxygen atoms in total. The van der Waals surface area contributed by atoms with E-state index in [-0.39, 0.29) is 12.3 Å². The third kappa shape index (κ3) is 2.93. The number of nitrogens with one attached hydrogen (secondary N) is 2. The highest BCUT2D eigenvalue weighted by atomic mass is 32.1. The van der Waals surface area contributed by atoms with E-state index in [4.69, 9.17) is 21.7 Å². The molecule has 2 aliphatic rings. The normalized spacial score (nSPS) is 18.8. The van der Waals surface area contributed by atoms with Gasteiger partial charge >= 0.3 is 0 Å². The molecular weight excluding hydrogens is 284 g/mol. The molecule has 0 amide bonds. The maximum Gasteiger partial charge on any atom is 0.231 e. The van der Waals surface area contributed by atoms with E-state index >= 15 is 0 Å². The van der Waals surface area contributed by atoms with Crippen LogP contribution in [0, 0.1) is 5.92 Å². The molecule has 0 radical (unpaired) electrons. The van der Waals surface area contributed by atoms with Gasteiger partial charge in [-0.25, -0.2) is 0 Å². The Bertz CT molecular complexity index is 539. The van der Waals surface area contributed by atoms with E-state index in [1.807, 2.05) is 18.2 Å². The molecule has 1 aromatic rings. The van der Waals surface area contributed by atoms with E-state index < -0.39 is 0 Å². The SMILES string of the molecule is CC(C)C1(NC(=S)Nc2ccc3c(c2)OCO3)CCCC1. The van der Waals surface area contributed by atoms with Crippen molar-refractivity contribution in [1.29, 1.82) is 0 Å². The lowest BCUT2D eigenvalue weighted by atomic mass is 9.85. The van der Waals surface area contributed by atoms with E-state index in [0.717, 1.165) is 17.2 Å². The average Bonchev–Trinajstić information content (AvgIpc) is 3.07. The van der Waals surface area contributed by atoms with Crippen molar-refractivity contribution in [3.8, 4) is 11.5 Å². The van der Waals surface area contributed by atoms with Gasteiger partial charge in [0.05, 0.1) is 0 Å². The second kappa shape index (κ2) is 5.72. The summed E-state index contributed by atoms with van der Waals surface area (Å²) in [4.78, 5) is 0. The van der Waals surface area contributed by atoms with Gasteiger partial charge in [-0.15, -0.1) is 0 Å². The van der Waals surface area contributed by atoms with Gasteiger partial charge < -0.3 is 20.1 Å². The summed E-state index contributed by atoms with van der Waals surface area (Å²) in [5.74, 6) is 2.12. The first-order valence-corrected chi connectivity index (χ1v) is 7.99. The number of benzene rings is 1. The van der Waals surface area contributed by atoms with Crippen molar-refractivity contribution in [1.82, 2.24) is 5.32 Å². The molecule has 1 saturated carbocycles. The number of hydrogen-bond donors (Lipinski definition) is 2. The molecule has 2 N–H and O–H groups in total. The summed E-state index contributed by atoms with van der Waals surface area (Å²) in [6.07, 6.45) is 4.93. The fourth-order valence-corrected chi connectivity index (χ4v) is 3.54. The predicted octanol–water partition coefficient (Wildman–Crippen LogP) is 3.67. The van der Waals surface area contributed by atoms with Crippen LogP contribution in [0.1, 0.15) is 39.5 Å². The number of hydrogen-bond acceptors (Lipinski definition) is 3. The number of fused-ring (bicyclic) bond motifs is 1. The standard InChI is InChI=1S/C16H22N2O2S/c1-11(2)16(7-3-4-8-16)18-15(21)17-12-5-6-13-14(9-12)20-10-19-13/h5-6,9,11H,3-4,7-8,10H2,1-2H3,(H2,17,18,21). The lowest BCUT2D eigenvalue weighted by molar-refractivity contribution is 0.174. The number of rotatable bonds is 3. The zero-order valence-corrected chi connectivity index (χ0v) is 13.4. The maximum atomic E-state index is 5.50. The van der Waals surface area contributed by atoms with E-state index in [0.29, 0.717) is 11.0 Å². The van der Waals surface area contributed by atoms with Gasteiger partial charge in [-0.3, -0.25) is 0 Å². The second-order valence-corrected chi connectivity index (χ2v) is 6.57. The molecule has 1 aromatic carbocycles. The van der Waals surface area contributed by atoms with Gasteiger partial charge in [0, 0.05) is 17.3 Å². The number of ether oxygens (including phenoxy) is 2. The Morgan fingerprint density at radius 1 is 1.19 bits per heavy atom. The third-order valence-electron chi connectivity index (χ3n) is 4.59. The van der Waals surface area contributed by atoms with Gasteiger partial charge in [0.25, 0.3) is 0 Å². The van der Waals surface area contributed by atoms with Gasteiger partial charge in [-0.1, -0.05) is 26.7 Å². The van der Waals surface area contributed by atoms with Crippen LogP contribution in [0.25, 0.3) is 0 Å². The fraction of sp³-hybridized carbons (Fsp3) is 0.562. The summed E-state index contributed by atoms with van der Waals surface area (Å²) in [7, 11) is 0. The highest BCUT2D eigenvalue weighted by Gasteiger charge is 2.37. The Balaban J connectivity index is 1.66. The first-order valence-electron chi connectivity index (χ1n) is 7.58. The second-order valence-electron chi connectivity index (χ2n) is 6.17. The minimum atomic E-state index is 0.139. The van der Waals surface area contributed by atoms with Gasteiger partial charge in [0.2, 0.25) is 6.79 Å². The molecule has 0 unspecified atom stereocenters. The van der Waals surface area contributed by atoms with E-state index in [2.05, 4.69) is 24.5 Å². The first-order chi connectivity index (χ1) is 10.1. The van der Waals surface area contributed by atoms with Crippen molar-refractivity contribution in [3.63, 3.8) is 0 Å². The molecule has 0 saturated heterocycles. The molecule has 0 aromatic heterocycles. The molecule has 1 heterocycles. The van der Waals surface area contributed by atoms with Crippen LogP contribution in [-0.4, -0.2) is 17.4 Å². The summed E-state index contributed by atoms with van der Waals surface area (Å²) < 4.78 is 10.7. The monoisotopic (exact) mass is 306 g/mol. The maximum absolute atomic E-state index is 5.50. The average molecular weight is 306 g/mol. The minimum absolute atomic E-state index is 0.139. The molecule has 5 heteroatoms. The molecule has 1 aliphatic heterocycles. The Morgan fingerprint density at radius 2 is 1.90 bits per heavy atom. The van der Waals surface area contributed by atoms with E-state index in [9.17, 15) is 0 Å². The summed E-state index contributed by atoms with van der Waals surface area (Å²) in [6, 6.07) is 5.78. The Labute approximate surface area is 131 Å². The lowest BCUT2D eigenvalue weighted by Crippen LogP contribution is -2.51. The van der Waals surface area contributed by atoms with Crippen LogP contribution in [0.3, 0.4) is 0 Å². The zero-order valence-electron chi connectivity index (χ0n) is 12.6. The fourth-order valence-electron chi connectivity index (χ4n) is 3.22. The molecule has 114 valence electrons. The van der Waals surface area contributed by atoms with Gasteiger partial charge in [0.1, 0.15) is 0 Å². The molecule has 0 atom stereocenters. The smallest absolute Gasteiger partial charge is 0.231 e. The van der Waals surface area contributed by atoms with Gasteiger partial charge in [-0.05, 0) is 43.1 Å². The van der Waals surface area contributed by atoms with Crippen LogP contribution in [-0.2, 0) is 0 Å². The minimum Gasteiger partial charge on any atom is -0.454 e. The van der Waals surface area contributed by atoms with Crippen molar-refractivity contribution in [2.45, 2.75) is 45.1 Å². The topological polar surface area (TPSA) is 42.5 Å². The largest absolute Gasteiger partial charge is 0.454 e. The summed E-state index contributed by atoms with van der Waals surface area (Å²) in [5, 5.41) is 7.50. The molecule has 1 aliphatic carbocycles. The summed E-state index contributed by atoms with van der Waals surface area (Å²) in [5.41, 5.74) is 1.06. The highest BCUT2D eigenvalue weighted by Crippen LogP contribution is 2.36. The number of thiocarbonyl (C=S) groups is 1. The van der Waals surface area contributed by atoms with E-state index in [1.54, 1.807) is 0 Å². The predicted molar refractivity (Wildman–Crippen MR) is 88.0 cm³/mol. The van der Waals surface area contributed by atoms with E-state index in [1.165, 1.54) is 25.7 Å². The van der Waals surface area contributed by atoms with Gasteiger partial charge in [0.15, 0.2) is 16.6 Å². The van der Waals surface area contributed by atoms with Crippen LogP contribution in [0.5, 0.6) is 11.5 Å². The first kappa shape index (κ1) is 14.4. The van der Waals surface area contributed by atoms with Crippen molar-refractivity contribution in [2.24, 2.45) is 5.92 Å². The third-order valence-corrected chi connectivity index (χ3v) is 4.80. The van der Waals surface area contributed by atoms with Crippen molar-refractivity contribution in [2.75, 3.05) is 12.1 Å². The molecular formula is C16H22N2O2S. The molecule has 0 bridgehead atoms. The highest BCUT2D eigenvalue weighted by molar-refractivity contribution is 7.80. The van der Waals surface area contributed by atoms with Crippen LogP contribution in [0.2, 0.25) is 0 Å². The van der Waals surface area contributed by atoms with Crippen molar-refractivity contribution < 1.29 is 9.47 Å². The summed E-state index contributed by atoms with van der Waals surface area (Å²) in [6.45, 7) is 4.82. The van der Waals surface area contributed by atoms with Crippen LogP contribution >= 0.6 is 12.2 Å². The Kier molecular flexibility index (Phi) is 3.93. The zero-order chi connectivity index (χ0) is 14.9. The number of anilines is 1. The van der Waals surface area contributed by atoms with Crippen LogP contribution < -0.4 is 20.1 Å².